The quantitative estimate of drug-likeness (QED) is 0.623. The fourth-order valence-electron chi connectivity index (χ4n) is 2.25. The molecule has 1 atom stereocenters. The number of nitrogens with one attached hydrogen (secondary N) is 1. The predicted molar refractivity (Wildman–Crippen MR) is 95.3 cm³/mol. The Morgan fingerprint density at radius 2 is 2.05 bits per heavy atom. The van der Waals surface area contributed by atoms with Crippen molar-refractivity contribution < 1.29 is 4.39 Å². The summed E-state index contributed by atoms with van der Waals surface area (Å²) in [6.45, 7) is 3.10. The fourth-order valence-corrected chi connectivity index (χ4v) is 3.02. The van der Waals surface area contributed by atoms with Crippen molar-refractivity contribution in [3.8, 4) is 0 Å². The molecule has 0 amide bonds. The van der Waals surface area contributed by atoms with Crippen LogP contribution in [0.2, 0.25) is 5.02 Å². The molecule has 1 N–H and O–H groups in total. The van der Waals surface area contributed by atoms with Gasteiger partial charge in [0.05, 0.1) is 5.02 Å². The average molecular weight is 418 g/mol. The van der Waals surface area contributed by atoms with Crippen molar-refractivity contribution in [3.63, 3.8) is 0 Å². The number of hydrogen-bond donors (Lipinski definition) is 1. The van der Waals surface area contributed by atoms with E-state index in [0.717, 1.165) is 24.9 Å². The zero-order valence-electron chi connectivity index (χ0n) is 11.9. The Bertz CT molecular complexity index is 603. The van der Waals surface area contributed by atoms with Crippen LogP contribution in [0.25, 0.3) is 0 Å². The van der Waals surface area contributed by atoms with Crippen molar-refractivity contribution in [1.29, 1.82) is 0 Å². The van der Waals surface area contributed by atoms with E-state index < -0.39 is 0 Å². The summed E-state index contributed by atoms with van der Waals surface area (Å²) < 4.78 is 14.5. The zero-order chi connectivity index (χ0) is 15.2. The standard InChI is InChI=1S/C17H18ClFIN/c1-2-8-21-17(13-4-3-5-14(20)11-13)10-12-6-7-16(19)15(18)9-12/h3-7,9,11,17,21H,2,8,10H2,1H3. The number of halogens is 3. The second-order valence-corrected chi connectivity index (χ2v) is 6.67. The molecule has 0 saturated heterocycles. The van der Waals surface area contributed by atoms with Crippen LogP contribution in [0.4, 0.5) is 4.39 Å². The lowest BCUT2D eigenvalue weighted by atomic mass is 9.98. The smallest absolute Gasteiger partial charge is 0.141 e. The Hall–Kier alpha value is -0.650. The maximum Gasteiger partial charge on any atom is 0.141 e. The third kappa shape index (κ3) is 4.94. The molecule has 0 aliphatic carbocycles. The average Bonchev–Trinajstić information content (AvgIpc) is 2.47. The highest BCUT2D eigenvalue weighted by atomic mass is 127. The predicted octanol–water partition coefficient (Wildman–Crippen LogP) is 5.37. The van der Waals surface area contributed by atoms with E-state index in [9.17, 15) is 4.39 Å². The number of rotatable bonds is 6. The Kier molecular flexibility index (Phi) is 6.45. The van der Waals surface area contributed by atoms with E-state index in [4.69, 9.17) is 11.6 Å². The summed E-state index contributed by atoms with van der Waals surface area (Å²) in [5.41, 5.74) is 2.28. The van der Waals surface area contributed by atoms with Crippen LogP contribution in [0.3, 0.4) is 0 Å². The molecular formula is C17H18ClFIN. The Morgan fingerprint density at radius 1 is 1.24 bits per heavy atom. The van der Waals surface area contributed by atoms with Crippen LogP contribution in [0.1, 0.15) is 30.5 Å². The molecule has 2 aromatic rings. The van der Waals surface area contributed by atoms with Gasteiger partial charge in [-0.05, 0) is 77.4 Å². The van der Waals surface area contributed by atoms with Crippen molar-refractivity contribution >= 4 is 34.2 Å². The Labute approximate surface area is 144 Å². The minimum absolute atomic E-state index is 0.185. The van der Waals surface area contributed by atoms with Gasteiger partial charge in [-0.1, -0.05) is 36.7 Å². The van der Waals surface area contributed by atoms with E-state index in [2.05, 4.69) is 59.1 Å². The Morgan fingerprint density at radius 3 is 2.71 bits per heavy atom. The highest BCUT2D eigenvalue weighted by Crippen LogP contribution is 2.23. The number of hydrogen-bond acceptors (Lipinski definition) is 1. The lowest BCUT2D eigenvalue weighted by Gasteiger charge is -2.19. The molecule has 0 aliphatic heterocycles. The first-order chi connectivity index (χ1) is 10.1. The molecule has 0 spiro atoms. The van der Waals surface area contributed by atoms with Crippen molar-refractivity contribution in [2.75, 3.05) is 6.54 Å². The van der Waals surface area contributed by atoms with Crippen molar-refractivity contribution in [1.82, 2.24) is 5.32 Å². The molecule has 2 aromatic carbocycles. The molecule has 0 heterocycles. The van der Waals surface area contributed by atoms with Gasteiger partial charge in [0.25, 0.3) is 0 Å². The molecule has 0 radical (unpaired) electrons. The SMILES string of the molecule is CCCNC(Cc1ccc(F)c(Cl)c1)c1cccc(I)c1. The van der Waals surface area contributed by atoms with Crippen LogP contribution in [0.5, 0.6) is 0 Å². The van der Waals surface area contributed by atoms with E-state index in [1.54, 1.807) is 12.1 Å². The van der Waals surface area contributed by atoms with Crippen molar-refractivity contribution in [3.05, 3.63) is 68.0 Å². The lowest BCUT2D eigenvalue weighted by Crippen LogP contribution is -2.24. The van der Waals surface area contributed by atoms with Crippen LogP contribution in [0.15, 0.2) is 42.5 Å². The van der Waals surface area contributed by atoms with Crippen LogP contribution in [-0.2, 0) is 6.42 Å². The summed E-state index contributed by atoms with van der Waals surface area (Å²) in [4.78, 5) is 0. The van der Waals surface area contributed by atoms with Crippen LogP contribution in [0, 0.1) is 9.39 Å². The second kappa shape index (κ2) is 8.11. The van der Waals surface area contributed by atoms with Crippen molar-refractivity contribution in [2.45, 2.75) is 25.8 Å². The molecule has 0 bridgehead atoms. The summed E-state index contributed by atoms with van der Waals surface area (Å²) in [7, 11) is 0. The molecule has 0 fully saturated rings. The topological polar surface area (TPSA) is 12.0 Å². The minimum Gasteiger partial charge on any atom is -0.310 e. The van der Waals surface area contributed by atoms with Gasteiger partial charge >= 0.3 is 0 Å². The van der Waals surface area contributed by atoms with Gasteiger partial charge in [-0.2, -0.15) is 0 Å². The molecule has 0 saturated carbocycles. The van der Waals surface area contributed by atoms with Crippen LogP contribution in [-0.4, -0.2) is 6.54 Å². The fraction of sp³-hybridized carbons (Fsp3) is 0.294. The summed E-state index contributed by atoms with van der Waals surface area (Å²) >= 11 is 8.19. The van der Waals surface area contributed by atoms with E-state index >= 15 is 0 Å². The summed E-state index contributed by atoms with van der Waals surface area (Å²) in [5.74, 6) is -0.368. The first-order valence-electron chi connectivity index (χ1n) is 7.03. The van der Waals surface area contributed by atoms with Gasteiger partial charge in [-0.25, -0.2) is 4.39 Å². The summed E-state index contributed by atoms with van der Waals surface area (Å²) in [6, 6.07) is 13.6. The maximum absolute atomic E-state index is 13.3. The summed E-state index contributed by atoms with van der Waals surface area (Å²) in [5, 5.41) is 3.74. The second-order valence-electron chi connectivity index (χ2n) is 5.01. The van der Waals surface area contributed by atoms with Gasteiger partial charge in [0.2, 0.25) is 0 Å². The number of benzene rings is 2. The largest absolute Gasteiger partial charge is 0.310 e. The maximum atomic E-state index is 13.3. The van der Waals surface area contributed by atoms with Gasteiger partial charge in [0, 0.05) is 9.61 Å². The van der Waals surface area contributed by atoms with Crippen LogP contribution < -0.4 is 5.32 Å². The Balaban J connectivity index is 2.21. The molecule has 1 nitrogen and oxygen atoms in total. The molecule has 1 unspecified atom stereocenters. The molecular weight excluding hydrogens is 400 g/mol. The highest BCUT2D eigenvalue weighted by molar-refractivity contribution is 14.1. The van der Waals surface area contributed by atoms with Gasteiger partial charge < -0.3 is 5.32 Å². The first kappa shape index (κ1) is 16.7. The lowest BCUT2D eigenvalue weighted by molar-refractivity contribution is 0.528. The van der Waals surface area contributed by atoms with E-state index in [-0.39, 0.29) is 16.9 Å². The normalized spacial score (nSPS) is 12.4. The molecule has 112 valence electrons. The molecule has 0 aliphatic rings. The summed E-state index contributed by atoms with van der Waals surface area (Å²) in [6.07, 6.45) is 1.87. The van der Waals surface area contributed by atoms with Crippen LogP contribution >= 0.6 is 34.2 Å². The van der Waals surface area contributed by atoms with Gasteiger partial charge in [-0.15, -0.1) is 0 Å². The van der Waals surface area contributed by atoms with E-state index in [0.29, 0.717) is 0 Å². The minimum atomic E-state index is -0.368. The monoisotopic (exact) mass is 417 g/mol. The van der Waals surface area contributed by atoms with E-state index in [1.165, 1.54) is 15.2 Å². The highest BCUT2D eigenvalue weighted by Gasteiger charge is 2.13. The third-order valence-electron chi connectivity index (χ3n) is 3.32. The van der Waals surface area contributed by atoms with Crippen molar-refractivity contribution in [2.24, 2.45) is 0 Å². The van der Waals surface area contributed by atoms with Gasteiger partial charge in [0.15, 0.2) is 0 Å². The molecule has 0 aromatic heterocycles. The van der Waals surface area contributed by atoms with Gasteiger partial charge in [0.1, 0.15) is 5.82 Å². The van der Waals surface area contributed by atoms with Gasteiger partial charge in [-0.3, -0.25) is 0 Å². The van der Waals surface area contributed by atoms with E-state index in [1.807, 2.05) is 0 Å². The first-order valence-corrected chi connectivity index (χ1v) is 8.48. The molecule has 21 heavy (non-hydrogen) atoms. The third-order valence-corrected chi connectivity index (χ3v) is 4.28. The zero-order valence-corrected chi connectivity index (χ0v) is 14.8. The molecule has 4 heteroatoms. The molecule has 2 rings (SSSR count).